The molecule has 6 nitrogen and oxygen atoms in total. The number of aromatic amines is 1. The lowest BCUT2D eigenvalue weighted by atomic mass is 10.1. The van der Waals surface area contributed by atoms with Crippen molar-refractivity contribution in [3.05, 3.63) is 86.6 Å². The third kappa shape index (κ3) is 5.82. The van der Waals surface area contributed by atoms with Gasteiger partial charge in [0.1, 0.15) is 0 Å². The topological polar surface area (TPSA) is 91.1 Å². The first-order chi connectivity index (χ1) is 13.9. The fourth-order valence-electron chi connectivity index (χ4n) is 2.63. The van der Waals surface area contributed by atoms with Gasteiger partial charge in [0.2, 0.25) is 11.5 Å². The lowest BCUT2D eigenvalue weighted by Gasteiger charge is -2.12. The van der Waals surface area contributed by atoms with Crippen molar-refractivity contribution < 1.29 is 9.59 Å². The van der Waals surface area contributed by atoms with Crippen LogP contribution >= 0.6 is 27.7 Å². The molecule has 3 aromatic rings. The van der Waals surface area contributed by atoms with Crippen LogP contribution in [-0.2, 0) is 4.79 Å². The normalized spacial score (nSPS) is 10.4. The average Bonchev–Trinajstić information content (AvgIpc) is 2.68. The molecule has 29 heavy (non-hydrogen) atoms. The number of carbonyl (C=O) groups is 2. The van der Waals surface area contributed by atoms with Crippen molar-refractivity contribution in [1.82, 2.24) is 4.98 Å². The lowest BCUT2D eigenvalue weighted by Crippen LogP contribution is -2.20. The van der Waals surface area contributed by atoms with Gasteiger partial charge in [-0.15, -0.1) is 0 Å². The number of benzene rings is 2. The van der Waals surface area contributed by atoms with E-state index >= 15 is 0 Å². The number of anilines is 2. The SMILES string of the molecule is Cc1cc(=O)[nH]c(SCC(=O)Nc2ccc(Br)cc2)c1C(=O)Nc1ccccc1. The third-order valence-electron chi connectivity index (χ3n) is 3.94. The van der Waals surface area contributed by atoms with Crippen LogP contribution in [0.1, 0.15) is 15.9 Å². The number of H-pyrrole nitrogens is 1. The highest BCUT2D eigenvalue weighted by Gasteiger charge is 2.18. The minimum atomic E-state index is -0.347. The number of aryl methyl sites for hydroxylation is 1. The molecular formula is C21H18BrN3O3S. The van der Waals surface area contributed by atoms with Crippen molar-refractivity contribution >= 4 is 50.9 Å². The number of carbonyl (C=O) groups excluding carboxylic acids is 2. The van der Waals surface area contributed by atoms with Crippen LogP contribution in [0.25, 0.3) is 0 Å². The maximum absolute atomic E-state index is 12.8. The van der Waals surface area contributed by atoms with Gasteiger partial charge in [0.05, 0.1) is 16.3 Å². The van der Waals surface area contributed by atoms with Gasteiger partial charge < -0.3 is 15.6 Å². The molecule has 1 heterocycles. The summed E-state index contributed by atoms with van der Waals surface area (Å²) >= 11 is 4.45. The fraction of sp³-hybridized carbons (Fsp3) is 0.0952. The highest BCUT2D eigenvalue weighted by atomic mass is 79.9. The number of aromatic nitrogens is 1. The maximum atomic E-state index is 12.8. The second kappa shape index (κ2) is 9.58. The Morgan fingerprint density at radius 3 is 2.34 bits per heavy atom. The van der Waals surface area contributed by atoms with Crippen LogP contribution in [0.4, 0.5) is 11.4 Å². The molecule has 0 aliphatic heterocycles. The molecule has 2 amide bonds. The van der Waals surface area contributed by atoms with Gasteiger partial charge in [0.25, 0.3) is 5.91 Å². The number of pyridine rings is 1. The first-order valence-electron chi connectivity index (χ1n) is 8.71. The van der Waals surface area contributed by atoms with Crippen molar-refractivity contribution in [2.75, 3.05) is 16.4 Å². The smallest absolute Gasteiger partial charge is 0.258 e. The Bertz CT molecular complexity index is 1080. The molecule has 3 N–H and O–H groups in total. The highest BCUT2D eigenvalue weighted by Crippen LogP contribution is 2.23. The third-order valence-corrected chi connectivity index (χ3v) is 5.47. The zero-order valence-corrected chi connectivity index (χ0v) is 17.9. The van der Waals surface area contributed by atoms with E-state index in [0.29, 0.717) is 27.5 Å². The minimum absolute atomic E-state index is 0.0427. The number of hydrogen-bond acceptors (Lipinski definition) is 4. The van der Waals surface area contributed by atoms with Gasteiger partial charge in [-0.25, -0.2) is 0 Å². The maximum Gasteiger partial charge on any atom is 0.258 e. The van der Waals surface area contributed by atoms with Crippen molar-refractivity contribution in [2.45, 2.75) is 11.9 Å². The summed E-state index contributed by atoms with van der Waals surface area (Å²) < 4.78 is 0.913. The molecule has 2 aromatic carbocycles. The number of para-hydroxylation sites is 1. The summed E-state index contributed by atoms with van der Waals surface area (Å²) in [5.41, 5.74) is 1.87. The quantitative estimate of drug-likeness (QED) is 0.463. The highest BCUT2D eigenvalue weighted by molar-refractivity contribution is 9.10. The van der Waals surface area contributed by atoms with E-state index < -0.39 is 0 Å². The molecular weight excluding hydrogens is 454 g/mol. The number of thioether (sulfide) groups is 1. The van der Waals surface area contributed by atoms with Gasteiger partial charge in [0, 0.05) is 21.9 Å². The zero-order chi connectivity index (χ0) is 20.8. The predicted octanol–water partition coefficient (Wildman–Crippen LogP) is 4.43. The summed E-state index contributed by atoms with van der Waals surface area (Å²) in [7, 11) is 0. The van der Waals surface area contributed by atoms with Crippen LogP contribution in [-0.4, -0.2) is 22.6 Å². The molecule has 1 aromatic heterocycles. The van der Waals surface area contributed by atoms with E-state index in [4.69, 9.17) is 0 Å². The van der Waals surface area contributed by atoms with Crippen LogP contribution in [0.15, 0.2) is 75.0 Å². The summed E-state index contributed by atoms with van der Waals surface area (Å²) in [5, 5.41) is 5.95. The van der Waals surface area contributed by atoms with Crippen molar-refractivity contribution in [3.63, 3.8) is 0 Å². The van der Waals surface area contributed by atoms with E-state index in [1.807, 2.05) is 30.3 Å². The van der Waals surface area contributed by atoms with Crippen LogP contribution in [0, 0.1) is 6.92 Å². The predicted molar refractivity (Wildman–Crippen MR) is 120 cm³/mol. The van der Waals surface area contributed by atoms with E-state index in [1.54, 1.807) is 31.2 Å². The van der Waals surface area contributed by atoms with Crippen LogP contribution in [0.3, 0.4) is 0 Å². The molecule has 0 atom stereocenters. The van der Waals surface area contributed by atoms with Gasteiger partial charge in [-0.05, 0) is 48.9 Å². The minimum Gasteiger partial charge on any atom is -0.325 e. The van der Waals surface area contributed by atoms with E-state index in [1.165, 1.54) is 6.07 Å². The van der Waals surface area contributed by atoms with E-state index in [2.05, 4.69) is 31.5 Å². The summed E-state index contributed by atoms with van der Waals surface area (Å²) in [6.07, 6.45) is 0. The second-order valence-corrected chi connectivity index (χ2v) is 8.09. The monoisotopic (exact) mass is 471 g/mol. The van der Waals surface area contributed by atoms with Gasteiger partial charge in [-0.1, -0.05) is 45.9 Å². The van der Waals surface area contributed by atoms with Crippen molar-refractivity contribution in [3.8, 4) is 0 Å². The number of hydrogen-bond donors (Lipinski definition) is 3. The Kier molecular flexibility index (Phi) is 6.90. The molecule has 0 aliphatic rings. The van der Waals surface area contributed by atoms with Gasteiger partial charge in [-0.3, -0.25) is 14.4 Å². The number of amides is 2. The Labute approximate surface area is 180 Å². The van der Waals surface area contributed by atoms with Crippen LogP contribution < -0.4 is 16.2 Å². The number of rotatable bonds is 6. The summed E-state index contributed by atoms with van der Waals surface area (Å²) in [6, 6.07) is 17.6. The average molecular weight is 472 g/mol. The van der Waals surface area contributed by atoms with Gasteiger partial charge in [0.15, 0.2) is 0 Å². The first kappa shape index (κ1) is 20.9. The molecule has 0 aliphatic carbocycles. The fourth-order valence-corrected chi connectivity index (χ4v) is 3.81. The van der Waals surface area contributed by atoms with E-state index in [0.717, 1.165) is 16.2 Å². The Morgan fingerprint density at radius 2 is 1.66 bits per heavy atom. The summed E-state index contributed by atoms with van der Waals surface area (Å²) in [5.74, 6) is -0.545. The summed E-state index contributed by atoms with van der Waals surface area (Å²) in [6.45, 7) is 1.70. The van der Waals surface area contributed by atoms with Crippen LogP contribution in [0.2, 0.25) is 0 Å². The Balaban J connectivity index is 1.74. The summed E-state index contributed by atoms with van der Waals surface area (Å²) in [4.78, 5) is 39.6. The largest absolute Gasteiger partial charge is 0.325 e. The van der Waals surface area contributed by atoms with Crippen LogP contribution in [0.5, 0.6) is 0 Å². The molecule has 0 radical (unpaired) electrons. The first-order valence-corrected chi connectivity index (χ1v) is 10.5. The van der Waals surface area contributed by atoms with Gasteiger partial charge in [-0.2, -0.15) is 0 Å². The lowest BCUT2D eigenvalue weighted by molar-refractivity contribution is -0.113. The Hall–Kier alpha value is -2.84. The number of halogens is 1. The van der Waals surface area contributed by atoms with E-state index in [9.17, 15) is 14.4 Å². The molecule has 8 heteroatoms. The number of nitrogens with one attached hydrogen (secondary N) is 3. The molecule has 0 saturated heterocycles. The molecule has 0 bridgehead atoms. The van der Waals surface area contributed by atoms with Crippen molar-refractivity contribution in [1.29, 1.82) is 0 Å². The van der Waals surface area contributed by atoms with Gasteiger partial charge >= 0.3 is 0 Å². The standard InChI is InChI=1S/C21H18BrN3O3S/c1-13-11-17(26)25-21(19(13)20(28)24-15-5-3-2-4-6-15)29-12-18(27)23-16-9-7-14(22)8-10-16/h2-11H,12H2,1H3,(H,23,27)(H,24,28)(H,25,26). The second-order valence-electron chi connectivity index (χ2n) is 6.18. The molecule has 148 valence electrons. The molecule has 3 rings (SSSR count). The molecule has 0 saturated carbocycles. The molecule has 0 unspecified atom stereocenters. The van der Waals surface area contributed by atoms with E-state index in [-0.39, 0.29) is 23.1 Å². The zero-order valence-electron chi connectivity index (χ0n) is 15.5. The molecule has 0 spiro atoms. The Morgan fingerprint density at radius 1 is 1.00 bits per heavy atom. The molecule has 0 fully saturated rings. The van der Waals surface area contributed by atoms with Crippen molar-refractivity contribution in [2.24, 2.45) is 0 Å².